The van der Waals surface area contributed by atoms with Crippen LogP contribution in [0.25, 0.3) is 11.8 Å². The SMILES string of the molecule is N#Cc1c(SCc2ccccc2Cl)nn(-c2ccccc2)c1NC(=O)C=Cc1ccco1. The van der Waals surface area contributed by atoms with Crippen LogP contribution in [0.5, 0.6) is 0 Å². The van der Waals surface area contributed by atoms with Gasteiger partial charge in [0, 0.05) is 16.9 Å². The molecule has 0 bridgehead atoms. The largest absolute Gasteiger partial charge is 0.465 e. The molecule has 8 heteroatoms. The lowest BCUT2D eigenvalue weighted by molar-refractivity contribution is -0.111. The fraction of sp³-hybridized carbons (Fsp3) is 0.0417. The zero-order chi connectivity index (χ0) is 22.3. The van der Waals surface area contributed by atoms with E-state index in [1.807, 2.05) is 54.6 Å². The average Bonchev–Trinajstić information content (AvgIpc) is 3.45. The van der Waals surface area contributed by atoms with E-state index in [1.54, 1.807) is 22.9 Å². The number of nitriles is 1. The molecule has 2 heterocycles. The number of benzene rings is 2. The van der Waals surface area contributed by atoms with E-state index >= 15 is 0 Å². The zero-order valence-corrected chi connectivity index (χ0v) is 18.3. The summed E-state index contributed by atoms with van der Waals surface area (Å²) >= 11 is 7.65. The van der Waals surface area contributed by atoms with Crippen molar-refractivity contribution in [1.29, 1.82) is 5.26 Å². The Labute approximate surface area is 194 Å². The average molecular weight is 461 g/mol. The smallest absolute Gasteiger partial charge is 0.249 e. The van der Waals surface area contributed by atoms with E-state index in [4.69, 9.17) is 16.0 Å². The molecule has 0 fully saturated rings. The van der Waals surface area contributed by atoms with Gasteiger partial charge in [0.05, 0.1) is 12.0 Å². The maximum atomic E-state index is 12.6. The summed E-state index contributed by atoms with van der Waals surface area (Å²) in [5.74, 6) is 0.978. The molecule has 0 radical (unpaired) electrons. The molecule has 0 spiro atoms. The Hall–Kier alpha value is -3.73. The molecule has 32 heavy (non-hydrogen) atoms. The highest BCUT2D eigenvalue weighted by Crippen LogP contribution is 2.33. The van der Waals surface area contributed by atoms with E-state index in [9.17, 15) is 10.1 Å². The summed E-state index contributed by atoms with van der Waals surface area (Å²) in [6, 6.07) is 22.5. The van der Waals surface area contributed by atoms with Gasteiger partial charge < -0.3 is 9.73 Å². The number of halogens is 1. The van der Waals surface area contributed by atoms with Gasteiger partial charge in [-0.25, -0.2) is 4.68 Å². The first-order chi connectivity index (χ1) is 15.7. The van der Waals surface area contributed by atoms with Crippen molar-refractivity contribution in [1.82, 2.24) is 9.78 Å². The van der Waals surface area contributed by atoms with Crippen LogP contribution in [0.15, 0.2) is 88.5 Å². The maximum absolute atomic E-state index is 12.6. The third-order valence-corrected chi connectivity index (χ3v) is 5.86. The summed E-state index contributed by atoms with van der Waals surface area (Å²) in [7, 11) is 0. The number of anilines is 1. The molecular weight excluding hydrogens is 444 g/mol. The first-order valence-electron chi connectivity index (χ1n) is 9.63. The number of carbonyl (C=O) groups is 1. The number of amides is 1. The second kappa shape index (κ2) is 10.1. The van der Waals surface area contributed by atoms with Crippen LogP contribution in [0, 0.1) is 11.3 Å². The number of thioether (sulfide) groups is 1. The van der Waals surface area contributed by atoms with Gasteiger partial charge in [-0.05, 0) is 42.0 Å². The van der Waals surface area contributed by atoms with Crippen molar-refractivity contribution in [2.45, 2.75) is 10.8 Å². The zero-order valence-electron chi connectivity index (χ0n) is 16.7. The van der Waals surface area contributed by atoms with Crippen LogP contribution in [-0.4, -0.2) is 15.7 Å². The minimum atomic E-state index is -0.405. The molecule has 0 saturated carbocycles. The molecule has 1 N–H and O–H groups in total. The number of nitrogens with one attached hydrogen (secondary N) is 1. The van der Waals surface area contributed by atoms with Crippen LogP contribution in [0.3, 0.4) is 0 Å². The van der Waals surface area contributed by atoms with Gasteiger partial charge in [0.25, 0.3) is 0 Å². The Balaban J connectivity index is 1.66. The maximum Gasteiger partial charge on any atom is 0.249 e. The van der Waals surface area contributed by atoms with Gasteiger partial charge in [0.2, 0.25) is 5.91 Å². The van der Waals surface area contributed by atoms with Crippen molar-refractivity contribution >= 4 is 41.2 Å². The molecule has 2 aromatic carbocycles. The molecular formula is C24H17ClN4O2S. The Bertz CT molecular complexity index is 1290. The van der Waals surface area contributed by atoms with E-state index in [-0.39, 0.29) is 5.56 Å². The van der Waals surface area contributed by atoms with E-state index in [0.29, 0.717) is 27.4 Å². The number of carbonyl (C=O) groups excluding carboxylic acids is 1. The lowest BCUT2D eigenvalue weighted by Gasteiger charge is -2.07. The normalized spacial score (nSPS) is 10.9. The fourth-order valence-corrected chi connectivity index (χ4v) is 4.19. The molecule has 4 rings (SSSR count). The first-order valence-corrected chi connectivity index (χ1v) is 11.0. The van der Waals surface area contributed by atoms with Crippen molar-refractivity contribution in [2.75, 3.05) is 5.32 Å². The van der Waals surface area contributed by atoms with Crippen LogP contribution in [0.2, 0.25) is 5.02 Å². The third kappa shape index (κ3) is 4.94. The Morgan fingerprint density at radius 2 is 1.94 bits per heavy atom. The molecule has 2 aromatic heterocycles. The van der Waals surface area contributed by atoms with Gasteiger partial charge in [-0.3, -0.25) is 4.79 Å². The molecule has 1 amide bonds. The summed E-state index contributed by atoms with van der Waals surface area (Å²) < 4.78 is 6.77. The topological polar surface area (TPSA) is 83.9 Å². The van der Waals surface area contributed by atoms with Crippen LogP contribution < -0.4 is 5.32 Å². The summed E-state index contributed by atoms with van der Waals surface area (Å²) in [4.78, 5) is 12.6. The van der Waals surface area contributed by atoms with E-state index in [1.165, 1.54) is 24.1 Å². The standard InChI is InChI=1S/C24H17ClN4O2S/c25-21-11-5-4-7-17(21)16-32-24-20(15-26)23(29(28-24)18-8-2-1-3-9-18)27-22(30)13-12-19-10-6-14-31-19/h1-14H,16H2,(H,27,30). The van der Waals surface area contributed by atoms with Gasteiger partial charge in [-0.15, -0.1) is 0 Å². The molecule has 0 aliphatic rings. The molecule has 6 nitrogen and oxygen atoms in total. The van der Waals surface area contributed by atoms with Crippen LogP contribution in [0.1, 0.15) is 16.9 Å². The number of nitrogens with zero attached hydrogens (tertiary/aromatic N) is 3. The van der Waals surface area contributed by atoms with Gasteiger partial charge in [0.1, 0.15) is 22.4 Å². The predicted molar refractivity (Wildman–Crippen MR) is 126 cm³/mol. The molecule has 0 saturated heterocycles. The Kier molecular flexibility index (Phi) is 6.75. The van der Waals surface area contributed by atoms with Crippen LogP contribution in [0.4, 0.5) is 5.82 Å². The van der Waals surface area contributed by atoms with Crippen LogP contribution >= 0.6 is 23.4 Å². The molecule has 0 aliphatic carbocycles. The van der Waals surface area contributed by atoms with Crippen molar-refractivity contribution in [2.24, 2.45) is 0 Å². The highest BCUT2D eigenvalue weighted by atomic mass is 35.5. The predicted octanol–water partition coefficient (Wildman–Crippen LogP) is 5.93. The van der Waals surface area contributed by atoms with Gasteiger partial charge in [-0.1, -0.05) is 59.8 Å². The number of rotatable bonds is 7. The lowest BCUT2D eigenvalue weighted by Crippen LogP contribution is -2.13. The van der Waals surface area contributed by atoms with Gasteiger partial charge in [-0.2, -0.15) is 10.4 Å². The molecule has 0 unspecified atom stereocenters. The van der Waals surface area contributed by atoms with Crippen molar-refractivity contribution in [3.05, 3.63) is 101 Å². The second-order valence-electron chi connectivity index (χ2n) is 6.61. The molecule has 4 aromatic rings. The van der Waals surface area contributed by atoms with Gasteiger partial charge >= 0.3 is 0 Å². The number of aromatic nitrogens is 2. The summed E-state index contributed by atoms with van der Waals surface area (Å²) in [6.07, 6.45) is 4.43. The van der Waals surface area contributed by atoms with E-state index in [0.717, 1.165) is 11.3 Å². The number of hydrogen-bond donors (Lipinski definition) is 1. The first kappa shape index (κ1) is 21.5. The molecule has 158 valence electrons. The highest BCUT2D eigenvalue weighted by molar-refractivity contribution is 7.98. The summed E-state index contributed by atoms with van der Waals surface area (Å²) in [5, 5.41) is 18.4. The van der Waals surface area contributed by atoms with Crippen molar-refractivity contribution in [3.63, 3.8) is 0 Å². The highest BCUT2D eigenvalue weighted by Gasteiger charge is 2.21. The minimum Gasteiger partial charge on any atom is -0.465 e. The fourth-order valence-electron chi connectivity index (χ4n) is 2.94. The second-order valence-corrected chi connectivity index (χ2v) is 7.98. The van der Waals surface area contributed by atoms with Crippen molar-refractivity contribution < 1.29 is 9.21 Å². The monoisotopic (exact) mass is 460 g/mol. The number of furan rings is 1. The van der Waals surface area contributed by atoms with Crippen LogP contribution in [-0.2, 0) is 10.5 Å². The number of para-hydroxylation sites is 1. The minimum absolute atomic E-state index is 0.283. The third-order valence-electron chi connectivity index (χ3n) is 4.47. The van der Waals surface area contributed by atoms with Gasteiger partial charge in [0.15, 0.2) is 5.82 Å². The lowest BCUT2D eigenvalue weighted by atomic mass is 10.2. The van der Waals surface area contributed by atoms with E-state index in [2.05, 4.69) is 16.5 Å². The van der Waals surface area contributed by atoms with Crippen molar-refractivity contribution in [3.8, 4) is 11.8 Å². The summed E-state index contributed by atoms with van der Waals surface area (Å²) in [5.41, 5.74) is 1.94. The molecule has 0 atom stereocenters. The summed E-state index contributed by atoms with van der Waals surface area (Å²) in [6.45, 7) is 0. The Morgan fingerprint density at radius 1 is 1.16 bits per heavy atom. The molecule has 0 aliphatic heterocycles. The van der Waals surface area contributed by atoms with E-state index < -0.39 is 5.91 Å². The number of hydrogen-bond acceptors (Lipinski definition) is 5. The quantitative estimate of drug-likeness (QED) is 0.273. The Morgan fingerprint density at radius 3 is 2.66 bits per heavy atom.